The number of likely N-dealkylation sites (tertiary alicyclic amines) is 1. The molecule has 1 fully saturated rings. The lowest BCUT2D eigenvalue weighted by molar-refractivity contribution is -0.391. The number of ketones is 1. The van der Waals surface area contributed by atoms with Crippen molar-refractivity contribution in [2.24, 2.45) is 7.05 Å². The van der Waals surface area contributed by atoms with Crippen molar-refractivity contribution in [1.82, 2.24) is 14.5 Å². The van der Waals surface area contributed by atoms with Gasteiger partial charge in [-0.1, -0.05) is 12.8 Å². The Hall–Kier alpha value is -3.00. The van der Waals surface area contributed by atoms with Gasteiger partial charge in [0, 0.05) is 30.2 Å². The zero-order valence-corrected chi connectivity index (χ0v) is 17.2. The lowest BCUT2D eigenvalue weighted by atomic mass is 10.1. The van der Waals surface area contributed by atoms with Crippen LogP contribution in [-0.4, -0.2) is 51.4 Å². The minimum absolute atomic E-state index is 0.0632. The number of ether oxygens (including phenoxy) is 1. The van der Waals surface area contributed by atoms with Gasteiger partial charge >= 0.3 is 5.82 Å². The Morgan fingerprint density at radius 2 is 2.00 bits per heavy atom. The van der Waals surface area contributed by atoms with Gasteiger partial charge in [0.2, 0.25) is 5.82 Å². The number of hydrogen-bond acceptors (Lipinski definition) is 6. The number of Topliss-reactive ketones (excluding diaryl/α,β-unsaturated/α-hetero) is 1. The van der Waals surface area contributed by atoms with Crippen molar-refractivity contribution < 1.29 is 14.5 Å². The molecule has 2 aromatic rings. The number of imidazole rings is 1. The summed E-state index contributed by atoms with van der Waals surface area (Å²) in [6.45, 7) is 3.83. The Labute approximate surface area is 175 Å². The van der Waals surface area contributed by atoms with E-state index < -0.39 is 4.92 Å². The maximum absolute atomic E-state index is 12.7. The molecule has 30 heavy (non-hydrogen) atoms. The van der Waals surface area contributed by atoms with Crippen molar-refractivity contribution in [1.29, 1.82) is 0 Å². The first-order valence-electron chi connectivity index (χ1n) is 10.4. The molecule has 8 nitrogen and oxygen atoms in total. The van der Waals surface area contributed by atoms with Crippen LogP contribution >= 0.6 is 0 Å². The number of hydrogen-bond donors (Lipinski definition) is 0. The molecular formula is C22H26N4O4. The van der Waals surface area contributed by atoms with Crippen molar-refractivity contribution in [3.05, 3.63) is 57.0 Å². The number of nitro groups is 1. The van der Waals surface area contributed by atoms with Gasteiger partial charge in [-0.15, -0.1) is 0 Å². The van der Waals surface area contributed by atoms with Crippen LogP contribution in [0.2, 0.25) is 0 Å². The first-order valence-corrected chi connectivity index (χ1v) is 10.4. The Balaban J connectivity index is 1.41. The number of rotatable bonds is 6. The maximum atomic E-state index is 12.7. The average molecular weight is 410 g/mol. The van der Waals surface area contributed by atoms with Gasteiger partial charge < -0.3 is 14.9 Å². The summed E-state index contributed by atoms with van der Waals surface area (Å²) in [5, 5.41) is 11.0. The minimum atomic E-state index is -0.491. The highest BCUT2D eigenvalue weighted by Gasteiger charge is 2.27. The third-order valence-electron chi connectivity index (χ3n) is 5.86. The summed E-state index contributed by atoms with van der Waals surface area (Å²) in [6.07, 6.45) is 8.46. The van der Waals surface area contributed by atoms with Crippen LogP contribution in [0.25, 0.3) is 6.08 Å². The van der Waals surface area contributed by atoms with Crippen LogP contribution < -0.4 is 4.74 Å². The number of aromatic nitrogens is 2. The summed E-state index contributed by atoms with van der Waals surface area (Å²) in [5.74, 6) is 0.994. The molecule has 1 aromatic carbocycles. The van der Waals surface area contributed by atoms with Crippen LogP contribution in [0.3, 0.4) is 0 Å². The van der Waals surface area contributed by atoms with E-state index in [1.54, 1.807) is 19.2 Å². The van der Waals surface area contributed by atoms with Gasteiger partial charge in [0.15, 0.2) is 5.78 Å². The molecule has 0 spiro atoms. The second-order valence-corrected chi connectivity index (χ2v) is 7.89. The monoisotopic (exact) mass is 410 g/mol. The van der Waals surface area contributed by atoms with Gasteiger partial charge in [0.1, 0.15) is 18.6 Å². The SMILES string of the molecule is Cn1c([N+](=O)[O-])cnc1/C=C1/Cc2cc(OCCN3CCCCCC3)ccc2C1=O. The van der Waals surface area contributed by atoms with Gasteiger partial charge in [-0.2, -0.15) is 0 Å². The van der Waals surface area contributed by atoms with E-state index in [1.807, 2.05) is 12.1 Å². The quantitative estimate of drug-likeness (QED) is 0.412. The van der Waals surface area contributed by atoms with Crippen LogP contribution in [0.1, 0.15) is 47.4 Å². The van der Waals surface area contributed by atoms with Gasteiger partial charge in [0.05, 0.1) is 7.05 Å². The van der Waals surface area contributed by atoms with Crippen LogP contribution in [0.15, 0.2) is 30.0 Å². The normalized spacial score (nSPS) is 18.4. The molecule has 0 N–H and O–H groups in total. The fourth-order valence-corrected chi connectivity index (χ4v) is 4.13. The van der Waals surface area contributed by atoms with Crippen LogP contribution in [0.5, 0.6) is 5.75 Å². The van der Waals surface area contributed by atoms with Gasteiger partial charge in [-0.25, -0.2) is 9.55 Å². The molecule has 0 radical (unpaired) electrons. The third-order valence-corrected chi connectivity index (χ3v) is 5.86. The number of fused-ring (bicyclic) bond motifs is 1. The Morgan fingerprint density at radius 1 is 1.23 bits per heavy atom. The van der Waals surface area contributed by atoms with Gasteiger partial charge in [0.25, 0.3) is 0 Å². The lowest BCUT2D eigenvalue weighted by Gasteiger charge is -2.19. The summed E-state index contributed by atoms with van der Waals surface area (Å²) >= 11 is 0. The van der Waals surface area contributed by atoms with E-state index in [0.29, 0.717) is 30.0 Å². The number of allylic oxidation sites excluding steroid dienone is 1. The van der Waals surface area contributed by atoms with Crippen LogP contribution in [0, 0.1) is 10.1 Å². The third kappa shape index (κ3) is 4.28. The molecule has 1 aliphatic carbocycles. The average Bonchev–Trinajstić information content (AvgIpc) is 3.10. The lowest BCUT2D eigenvalue weighted by Crippen LogP contribution is -2.29. The molecule has 0 atom stereocenters. The molecule has 158 valence electrons. The summed E-state index contributed by atoms with van der Waals surface area (Å²) < 4.78 is 7.32. The molecule has 0 saturated carbocycles. The second kappa shape index (κ2) is 8.79. The molecule has 2 aliphatic rings. The molecule has 2 heterocycles. The van der Waals surface area contributed by atoms with E-state index in [2.05, 4.69) is 9.88 Å². The highest BCUT2D eigenvalue weighted by atomic mass is 16.6. The van der Waals surface area contributed by atoms with Crippen LogP contribution in [-0.2, 0) is 13.5 Å². The zero-order valence-electron chi connectivity index (χ0n) is 17.2. The molecule has 0 unspecified atom stereocenters. The Bertz CT molecular complexity index is 987. The van der Waals surface area contributed by atoms with E-state index in [4.69, 9.17) is 4.74 Å². The van der Waals surface area contributed by atoms with Gasteiger partial charge in [-0.3, -0.25) is 9.69 Å². The van der Waals surface area contributed by atoms with E-state index in [-0.39, 0.29) is 11.6 Å². The fourth-order valence-electron chi connectivity index (χ4n) is 4.13. The number of nitrogens with zero attached hydrogens (tertiary/aromatic N) is 4. The first kappa shape index (κ1) is 20.3. The van der Waals surface area contributed by atoms with Crippen LogP contribution in [0.4, 0.5) is 5.82 Å². The Kier molecular flexibility index (Phi) is 5.94. The van der Waals surface area contributed by atoms with Crippen molar-refractivity contribution in [2.45, 2.75) is 32.1 Å². The molecule has 0 amide bonds. The van der Waals surface area contributed by atoms with Crippen molar-refractivity contribution in [3.63, 3.8) is 0 Å². The fraction of sp³-hybridized carbons (Fsp3) is 0.455. The summed E-state index contributed by atoms with van der Waals surface area (Å²) in [4.78, 5) is 29.8. The second-order valence-electron chi connectivity index (χ2n) is 7.89. The number of carbonyl (C=O) groups excluding carboxylic acids is 1. The molecule has 8 heteroatoms. The van der Waals surface area contributed by atoms with E-state index in [0.717, 1.165) is 30.9 Å². The van der Waals surface area contributed by atoms with E-state index >= 15 is 0 Å². The summed E-state index contributed by atoms with van der Waals surface area (Å²) in [7, 11) is 1.57. The summed E-state index contributed by atoms with van der Waals surface area (Å²) in [6, 6.07) is 5.58. The first-order chi connectivity index (χ1) is 14.5. The van der Waals surface area contributed by atoms with Crippen molar-refractivity contribution in [3.8, 4) is 5.75 Å². The van der Waals surface area contributed by atoms with Gasteiger partial charge in [-0.05, 0) is 54.6 Å². The zero-order chi connectivity index (χ0) is 21.1. The van der Waals surface area contributed by atoms with Crippen molar-refractivity contribution in [2.75, 3.05) is 26.2 Å². The molecule has 0 bridgehead atoms. The molecule has 1 aromatic heterocycles. The maximum Gasteiger partial charge on any atom is 0.342 e. The molecule has 1 aliphatic heterocycles. The highest BCUT2D eigenvalue weighted by Crippen LogP contribution is 2.31. The number of benzene rings is 1. The largest absolute Gasteiger partial charge is 0.492 e. The topological polar surface area (TPSA) is 90.5 Å². The standard InChI is InChI=1S/C22H26N4O4/c1-24-20(23-15-21(24)26(28)29)14-17-12-16-13-18(6-7-19(16)22(17)27)30-11-10-25-8-4-2-3-5-9-25/h6-7,13-15H,2-5,8-12H2,1H3/b17-14-. The smallest absolute Gasteiger partial charge is 0.342 e. The molecule has 4 rings (SSSR count). The number of carbonyl (C=O) groups is 1. The minimum Gasteiger partial charge on any atom is -0.492 e. The van der Waals surface area contributed by atoms with Crippen molar-refractivity contribution >= 4 is 17.7 Å². The molecular weight excluding hydrogens is 384 g/mol. The highest BCUT2D eigenvalue weighted by molar-refractivity contribution is 6.15. The summed E-state index contributed by atoms with van der Waals surface area (Å²) in [5.41, 5.74) is 2.15. The van der Waals surface area contributed by atoms with E-state index in [9.17, 15) is 14.9 Å². The predicted octanol–water partition coefficient (Wildman–Crippen LogP) is 3.41. The Morgan fingerprint density at radius 3 is 2.70 bits per heavy atom. The predicted molar refractivity (Wildman–Crippen MR) is 113 cm³/mol. The molecule has 1 saturated heterocycles. The van der Waals surface area contributed by atoms with E-state index in [1.165, 1.54) is 36.4 Å².